The van der Waals surface area contributed by atoms with Crippen LogP contribution in [0.15, 0.2) is 46.2 Å². The van der Waals surface area contributed by atoms with Gasteiger partial charge >= 0.3 is 0 Å². The first kappa shape index (κ1) is 9.66. The molecular weight excluding hydrogens is 230 g/mol. The molecule has 0 saturated carbocycles. The molecule has 0 unspecified atom stereocenters. The molecule has 0 saturated heterocycles. The predicted octanol–water partition coefficient (Wildman–Crippen LogP) is 4.22. The maximum absolute atomic E-state index is 13.0. The van der Waals surface area contributed by atoms with E-state index in [1.54, 1.807) is 12.1 Å². The van der Waals surface area contributed by atoms with Crippen molar-refractivity contribution < 1.29 is 13.5 Å². The van der Waals surface area contributed by atoms with Crippen molar-refractivity contribution in [2.45, 2.75) is 9.79 Å². The molecule has 1 aliphatic rings. The molecule has 0 N–H and O–H groups in total. The summed E-state index contributed by atoms with van der Waals surface area (Å²) in [5.74, 6) is 0.556. The summed E-state index contributed by atoms with van der Waals surface area (Å²) in [7, 11) is 0. The van der Waals surface area contributed by atoms with E-state index in [0.29, 0.717) is 21.3 Å². The Balaban J connectivity index is 2.10. The van der Waals surface area contributed by atoms with Crippen molar-refractivity contribution in [2.24, 2.45) is 0 Å². The van der Waals surface area contributed by atoms with Gasteiger partial charge in [-0.15, -0.1) is 0 Å². The number of ether oxygens (including phenoxy) is 1. The lowest BCUT2D eigenvalue weighted by Crippen LogP contribution is -1.95. The predicted molar refractivity (Wildman–Crippen MR) is 57.0 cm³/mol. The van der Waals surface area contributed by atoms with Crippen molar-refractivity contribution in [1.29, 1.82) is 0 Å². The summed E-state index contributed by atoms with van der Waals surface area (Å²) in [6, 6.07) is 8.59. The Bertz CT molecular complexity index is 519. The molecule has 80 valence electrons. The zero-order chi connectivity index (χ0) is 11.1. The van der Waals surface area contributed by atoms with Crippen molar-refractivity contribution in [1.82, 2.24) is 0 Å². The molecule has 0 radical (unpaired) electrons. The van der Waals surface area contributed by atoms with E-state index in [1.165, 1.54) is 36.0 Å². The summed E-state index contributed by atoms with van der Waals surface area (Å²) in [5.41, 5.74) is 0. The minimum absolute atomic E-state index is 0.324. The second-order valence-electron chi connectivity index (χ2n) is 3.39. The van der Waals surface area contributed by atoms with E-state index < -0.39 is 0 Å². The van der Waals surface area contributed by atoms with Gasteiger partial charge in [0, 0.05) is 0 Å². The van der Waals surface area contributed by atoms with Crippen LogP contribution in [0.1, 0.15) is 0 Å². The van der Waals surface area contributed by atoms with Crippen LogP contribution in [0, 0.1) is 11.6 Å². The van der Waals surface area contributed by atoms with Crippen molar-refractivity contribution in [3.05, 3.63) is 48.0 Å². The molecule has 0 aliphatic carbocycles. The van der Waals surface area contributed by atoms with Crippen LogP contribution in [-0.2, 0) is 0 Å². The normalized spacial score (nSPS) is 12.6. The fourth-order valence-electron chi connectivity index (χ4n) is 1.53. The fraction of sp³-hybridized carbons (Fsp3) is 0. The van der Waals surface area contributed by atoms with Gasteiger partial charge in [0.15, 0.2) is 0 Å². The van der Waals surface area contributed by atoms with Crippen LogP contribution >= 0.6 is 11.8 Å². The Morgan fingerprint density at radius 1 is 0.812 bits per heavy atom. The Kier molecular flexibility index (Phi) is 2.11. The van der Waals surface area contributed by atoms with Gasteiger partial charge in [-0.3, -0.25) is 0 Å². The van der Waals surface area contributed by atoms with E-state index in [0.717, 1.165) is 0 Å². The lowest BCUT2D eigenvalue weighted by atomic mass is 10.3. The second kappa shape index (κ2) is 3.49. The molecule has 3 rings (SSSR count). The Labute approximate surface area is 95.1 Å². The highest BCUT2D eigenvalue weighted by Crippen LogP contribution is 2.47. The molecule has 0 fully saturated rings. The summed E-state index contributed by atoms with van der Waals surface area (Å²) in [6.45, 7) is 0. The number of hydrogen-bond donors (Lipinski definition) is 0. The van der Waals surface area contributed by atoms with E-state index in [2.05, 4.69) is 0 Å². The van der Waals surface area contributed by atoms with Gasteiger partial charge in [-0.05, 0) is 36.4 Å². The molecule has 0 amide bonds. The lowest BCUT2D eigenvalue weighted by molar-refractivity contribution is 0.449. The van der Waals surface area contributed by atoms with E-state index in [1.807, 2.05) is 0 Å². The Morgan fingerprint density at radius 3 is 1.81 bits per heavy atom. The van der Waals surface area contributed by atoms with Gasteiger partial charge in [-0.1, -0.05) is 11.8 Å². The topological polar surface area (TPSA) is 9.23 Å². The smallest absolute Gasteiger partial charge is 0.141 e. The maximum Gasteiger partial charge on any atom is 0.141 e. The van der Waals surface area contributed by atoms with Gasteiger partial charge in [0.2, 0.25) is 0 Å². The SMILES string of the molecule is Fc1ccc2c(c1)Sc1cc(F)ccc1O2. The minimum Gasteiger partial charge on any atom is -0.455 e. The summed E-state index contributed by atoms with van der Waals surface area (Å²) in [5, 5.41) is 0. The number of rotatable bonds is 0. The number of halogens is 2. The van der Waals surface area contributed by atoms with Crippen LogP contribution in [0.4, 0.5) is 8.78 Å². The van der Waals surface area contributed by atoms with Gasteiger partial charge < -0.3 is 4.74 Å². The molecule has 0 spiro atoms. The summed E-state index contributed by atoms with van der Waals surface area (Å²) < 4.78 is 31.5. The molecule has 2 aromatic carbocycles. The van der Waals surface area contributed by atoms with Crippen LogP contribution in [0.2, 0.25) is 0 Å². The second-order valence-corrected chi connectivity index (χ2v) is 4.47. The molecule has 0 aromatic heterocycles. The molecule has 1 nitrogen and oxygen atoms in total. The van der Waals surface area contributed by atoms with Gasteiger partial charge in [-0.25, -0.2) is 8.78 Å². The fourth-order valence-corrected chi connectivity index (χ4v) is 2.53. The third-order valence-electron chi connectivity index (χ3n) is 2.25. The van der Waals surface area contributed by atoms with Crippen LogP contribution in [0.3, 0.4) is 0 Å². The molecule has 1 heterocycles. The Hall–Kier alpha value is -1.55. The average molecular weight is 236 g/mol. The molecule has 0 atom stereocenters. The van der Waals surface area contributed by atoms with Crippen LogP contribution in [0.25, 0.3) is 0 Å². The van der Waals surface area contributed by atoms with Crippen molar-refractivity contribution in [3.8, 4) is 11.5 Å². The van der Waals surface area contributed by atoms with E-state index in [9.17, 15) is 8.78 Å². The van der Waals surface area contributed by atoms with Gasteiger partial charge in [0.1, 0.15) is 23.1 Å². The molecular formula is C12H6F2OS. The summed E-state index contributed by atoms with van der Waals surface area (Å²) in [6.07, 6.45) is 0. The highest BCUT2D eigenvalue weighted by atomic mass is 32.2. The quantitative estimate of drug-likeness (QED) is 0.578. The summed E-state index contributed by atoms with van der Waals surface area (Å²) in [4.78, 5) is 1.33. The van der Waals surface area contributed by atoms with Gasteiger partial charge in [-0.2, -0.15) is 0 Å². The first-order valence-corrected chi connectivity index (χ1v) is 5.49. The van der Waals surface area contributed by atoms with E-state index in [4.69, 9.17) is 4.74 Å². The maximum atomic E-state index is 13.0. The van der Waals surface area contributed by atoms with E-state index >= 15 is 0 Å². The van der Waals surface area contributed by atoms with E-state index in [-0.39, 0.29) is 11.6 Å². The molecule has 2 aromatic rings. The third kappa shape index (κ3) is 1.55. The van der Waals surface area contributed by atoms with Gasteiger partial charge in [0.05, 0.1) is 9.79 Å². The molecule has 4 heteroatoms. The average Bonchev–Trinajstić information content (AvgIpc) is 2.26. The first-order valence-electron chi connectivity index (χ1n) is 4.67. The monoisotopic (exact) mass is 236 g/mol. The zero-order valence-corrected chi connectivity index (χ0v) is 8.85. The van der Waals surface area contributed by atoms with Crippen LogP contribution in [0.5, 0.6) is 11.5 Å². The first-order chi connectivity index (χ1) is 7.72. The number of hydrogen-bond acceptors (Lipinski definition) is 2. The largest absolute Gasteiger partial charge is 0.455 e. The molecule has 1 aliphatic heterocycles. The van der Waals surface area contributed by atoms with Gasteiger partial charge in [0.25, 0.3) is 0 Å². The van der Waals surface area contributed by atoms with Crippen molar-refractivity contribution >= 4 is 11.8 Å². The van der Waals surface area contributed by atoms with Crippen molar-refractivity contribution in [3.63, 3.8) is 0 Å². The molecule has 16 heavy (non-hydrogen) atoms. The number of fused-ring (bicyclic) bond motifs is 2. The molecule has 0 bridgehead atoms. The van der Waals surface area contributed by atoms with Crippen molar-refractivity contribution in [2.75, 3.05) is 0 Å². The highest BCUT2D eigenvalue weighted by molar-refractivity contribution is 7.99. The zero-order valence-electron chi connectivity index (χ0n) is 8.04. The summed E-state index contributed by atoms with van der Waals surface area (Å²) >= 11 is 1.31. The third-order valence-corrected chi connectivity index (χ3v) is 3.33. The minimum atomic E-state index is -0.324. The highest BCUT2D eigenvalue weighted by Gasteiger charge is 2.18. The Morgan fingerprint density at radius 2 is 1.31 bits per heavy atom. The van der Waals surface area contributed by atoms with Crippen LogP contribution in [-0.4, -0.2) is 0 Å². The lowest BCUT2D eigenvalue weighted by Gasteiger charge is -2.19. The standard InChI is InChI=1S/C12H6F2OS/c13-7-1-3-9-11(5-7)16-12-6-8(14)2-4-10(12)15-9/h1-6H. The van der Waals surface area contributed by atoms with Crippen LogP contribution < -0.4 is 4.74 Å². The number of benzene rings is 2.